The van der Waals surface area contributed by atoms with Gasteiger partial charge < -0.3 is 20.0 Å². The summed E-state index contributed by atoms with van der Waals surface area (Å²) < 4.78 is 0. The molecule has 2 atom stereocenters. The monoisotopic (exact) mass is 508 g/mol. The van der Waals surface area contributed by atoms with Crippen LogP contribution in [0.15, 0.2) is 30.5 Å². The second kappa shape index (κ2) is 11.7. The predicted molar refractivity (Wildman–Crippen MR) is 149 cm³/mol. The Balaban J connectivity index is 1.10. The van der Waals surface area contributed by atoms with Crippen molar-refractivity contribution in [1.82, 2.24) is 20.0 Å². The Hall–Kier alpha value is -1.89. The lowest BCUT2D eigenvalue weighted by Gasteiger charge is -2.39. The minimum absolute atomic E-state index is 0.0239. The number of amides is 2. The number of anilines is 1. The van der Waals surface area contributed by atoms with Crippen LogP contribution in [-0.2, 0) is 11.3 Å². The van der Waals surface area contributed by atoms with Crippen molar-refractivity contribution >= 4 is 33.0 Å². The van der Waals surface area contributed by atoms with E-state index < -0.39 is 6.04 Å². The van der Waals surface area contributed by atoms with Gasteiger partial charge in [0.1, 0.15) is 13.0 Å². The van der Waals surface area contributed by atoms with Gasteiger partial charge in [-0.2, -0.15) is 8.46 Å². The average Bonchev–Trinajstić information content (AvgIpc) is 3.21. The zero-order valence-corrected chi connectivity index (χ0v) is 22.7. The summed E-state index contributed by atoms with van der Waals surface area (Å²) >= 11 is 0. The number of nitrogens with zero attached hydrogens (tertiary/aromatic N) is 4. The van der Waals surface area contributed by atoms with E-state index in [1.807, 2.05) is 6.07 Å². The summed E-state index contributed by atoms with van der Waals surface area (Å²) in [6.45, 7) is 18.1. The van der Waals surface area contributed by atoms with Crippen molar-refractivity contribution in [2.24, 2.45) is 5.92 Å². The van der Waals surface area contributed by atoms with Crippen LogP contribution in [-0.4, -0.2) is 98.1 Å². The molecule has 1 radical (unpaired) electrons. The van der Waals surface area contributed by atoms with E-state index in [0.29, 0.717) is 13.0 Å². The Bertz CT molecular complexity index is 975. The van der Waals surface area contributed by atoms with Gasteiger partial charge in [0.05, 0.1) is 0 Å². The lowest BCUT2D eigenvalue weighted by atomic mass is 9.96. The molecule has 7 nitrogen and oxygen atoms in total. The molecule has 3 fully saturated rings. The molecule has 4 heterocycles. The van der Waals surface area contributed by atoms with Crippen molar-refractivity contribution in [3.8, 4) is 0 Å². The van der Waals surface area contributed by atoms with Crippen LogP contribution in [0.1, 0.15) is 41.6 Å². The maximum absolute atomic E-state index is 13.0. The molecule has 1 aromatic rings. The molecule has 1 unspecified atom stereocenters. The summed E-state index contributed by atoms with van der Waals surface area (Å²) in [5.41, 5.74) is 3.73. The van der Waals surface area contributed by atoms with Gasteiger partial charge >= 0.3 is 0 Å². The van der Waals surface area contributed by atoms with Gasteiger partial charge in [0.25, 0.3) is 5.91 Å². The lowest BCUT2D eigenvalue weighted by molar-refractivity contribution is -0.126. The summed E-state index contributed by atoms with van der Waals surface area (Å²) in [6, 6.07) is 5.83. The number of hydrogen-bond acceptors (Lipinski definition) is 5. The molecule has 4 aliphatic rings. The predicted octanol–water partition coefficient (Wildman–Crippen LogP) is 2.61. The maximum atomic E-state index is 13.0. The van der Waals surface area contributed by atoms with Crippen LogP contribution >= 0.6 is 8.46 Å². The van der Waals surface area contributed by atoms with Crippen LogP contribution in [0.5, 0.6) is 0 Å². The molecule has 1 N–H and O–H groups in total. The van der Waals surface area contributed by atoms with Crippen molar-refractivity contribution in [3.63, 3.8) is 0 Å². The second-order valence-corrected chi connectivity index (χ2v) is 12.2. The summed E-state index contributed by atoms with van der Waals surface area (Å²) in [5.74, 6) is 0.702. The third-order valence-electron chi connectivity index (χ3n) is 8.36. The Morgan fingerprint density at radius 3 is 2.56 bits per heavy atom. The van der Waals surface area contributed by atoms with E-state index in [0.717, 1.165) is 63.8 Å². The molecule has 0 spiro atoms. The lowest BCUT2D eigenvalue weighted by Crippen LogP contribution is -2.49. The number of carbonyl (C=O) groups excluding carboxylic acids is 2. The molecule has 3 saturated heterocycles. The fourth-order valence-corrected chi connectivity index (χ4v) is 6.88. The highest BCUT2D eigenvalue weighted by Crippen LogP contribution is 2.31. The van der Waals surface area contributed by atoms with Crippen LogP contribution in [0.25, 0.3) is 0 Å². The SMILES string of the molecule is C=C1CC[C@H](N2Cc3cc(N4CCN(CC5CCN(CCP[B]C)CC5)CC4)ccc3C2=O)C(=O)N1. The highest BCUT2D eigenvalue weighted by molar-refractivity contribution is 7.70. The minimum atomic E-state index is -0.399. The van der Waals surface area contributed by atoms with Gasteiger partial charge in [0.15, 0.2) is 0 Å². The number of likely N-dealkylation sites (tertiary alicyclic amines) is 1. The van der Waals surface area contributed by atoms with Crippen LogP contribution in [0.4, 0.5) is 5.69 Å². The van der Waals surface area contributed by atoms with Gasteiger partial charge in [0.2, 0.25) is 5.91 Å². The number of piperidine rings is 2. The molecule has 9 heteroatoms. The second-order valence-electron chi connectivity index (χ2n) is 10.7. The largest absolute Gasteiger partial charge is 0.369 e. The topological polar surface area (TPSA) is 59.1 Å². The number of rotatable bonds is 8. The van der Waals surface area contributed by atoms with Crippen molar-refractivity contribution in [2.45, 2.75) is 45.1 Å². The highest BCUT2D eigenvalue weighted by atomic mass is 31.1. The average molecular weight is 508 g/mol. The number of allylic oxidation sites excluding steroid dienone is 1. The standard InChI is InChI=1S/C27H40BN5O2P/c1-20-3-6-25(26(34)29-20)33-19-22-17-23(4-5-24(22)27(33)35)32-13-11-31(12-14-32)18-21-7-9-30(10-8-21)15-16-36-28-2/h4-5,17,21,25,36H,1,3,6-16,18-19H2,2H3,(H,29,34)/t25-/m0/s1. The van der Waals surface area contributed by atoms with E-state index >= 15 is 0 Å². The molecule has 1 aromatic carbocycles. The molecule has 0 aliphatic carbocycles. The molecule has 193 valence electrons. The van der Waals surface area contributed by atoms with Crippen molar-refractivity contribution in [1.29, 1.82) is 0 Å². The first-order chi connectivity index (χ1) is 17.5. The number of hydrogen-bond donors (Lipinski definition) is 1. The van der Waals surface area contributed by atoms with Crippen LogP contribution in [0, 0.1) is 5.92 Å². The van der Waals surface area contributed by atoms with Crippen LogP contribution in [0.2, 0.25) is 6.82 Å². The van der Waals surface area contributed by atoms with Gasteiger partial charge in [-0.3, -0.25) is 14.5 Å². The van der Waals surface area contributed by atoms with E-state index in [-0.39, 0.29) is 11.8 Å². The van der Waals surface area contributed by atoms with E-state index in [1.54, 1.807) is 4.90 Å². The van der Waals surface area contributed by atoms with Crippen molar-refractivity contribution in [2.75, 3.05) is 63.4 Å². The Morgan fingerprint density at radius 1 is 1.06 bits per heavy atom. The Kier molecular flexibility index (Phi) is 8.34. The van der Waals surface area contributed by atoms with E-state index in [9.17, 15) is 9.59 Å². The van der Waals surface area contributed by atoms with Gasteiger partial charge in [-0.25, -0.2) is 0 Å². The Labute approximate surface area is 218 Å². The van der Waals surface area contributed by atoms with E-state index in [1.165, 1.54) is 50.9 Å². The maximum Gasteiger partial charge on any atom is 0.255 e. The molecule has 2 amide bonds. The molecule has 0 bridgehead atoms. The fourth-order valence-electron chi connectivity index (χ4n) is 6.15. The molecular weight excluding hydrogens is 468 g/mol. The molecule has 0 saturated carbocycles. The van der Waals surface area contributed by atoms with Crippen molar-refractivity contribution < 1.29 is 9.59 Å². The molecule has 4 aliphatic heterocycles. The third kappa shape index (κ3) is 5.82. The van der Waals surface area contributed by atoms with Gasteiger partial charge in [-0.15, -0.1) is 0 Å². The van der Waals surface area contributed by atoms with E-state index in [4.69, 9.17) is 0 Å². The van der Waals surface area contributed by atoms with E-state index in [2.05, 4.69) is 52.6 Å². The zero-order chi connectivity index (χ0) is 25.1. The molecule has 5 rings (SSSR count). The molecule has 36 heavy (non-hydrogen) atoms. The van der Waals surface area contributed by atoms with Gasteiger partial charge in [0, 0.05) is 62.8 Å². The minimum Gasteiger partial charge on any atom is -0.369 e. The fraction of sp³-hybridized carbons (Fsp3) is 0.630. The van der Waals surface area contributed by atoms with Gasteiger partial charge in [-0.1, -0.05) is 13.4 Å². The number of benzene rings is 1. The number of carbonyl (C=O) groups is 2. The highest BCUT2D eigenvalue weighted by Gasteiger charge is 2.38. The summed E-state index contributed by atoms with van der Waals surface area (Å²) in [7, 11) is 1.00. The summed E-state index contributed by atoms with van der Waals surface area (Å²) in [5, 5.41) is 2.82. The first kappa shape index (κ1) is 25.8. The summed E-state index contributed by atoms with van der Waals surface area (Å²) in [6.07, 6.45) is 5.37. The van der Waals surface area contributed by atoms with Gasteiger partial charge in [-0.05, 0) is 74.6 Å². The number of nitrogens with one attached hydrogen (secondary N) is 1. The number of fused-ring (bicyclic) bond motifs is 1. The quantitative estimate of drug-likeness (QED) is 0.333. The smallest absolute Gasteiger partial charge is 0.255 e. The third-order valence-corrected chi connectivity index (χ3v) is 9.28. The first-order valence-corrected chi connectivity index (χ1v) is 14.9. The zero-order valence-electron chi connectivity index (χ0n) is 21.7. The van der Waals surface area contributed by atoms with Crippen LogP contribution in [0.3, 0.4) is 0 Å². The Morgan fingerprint density at radius 2 is 1.83 bits per heavy atom. The normalized spacial score (nSPS) is 24.6. The molecular formula is C27H40BN5O2P. The first-order valence-electron chi connectivity index (χ1n) is 13.6. The van der Waals surface area contributed by atoms with Crippen LogP contribution < -0.4 is 10.2 Å². The molecule has 0 aromatic heterocycles. The summed E-state index contributed by atoms with van der Waals surface area (Å²) in [4.78, 5) is 35.0. The van der Waals surface area contributed by atoms with Crippen molar-refractivity contribution in [3.05, 3.63) is 41.6 Å². The number of piperazine rings is 1.